The van der Waals surface area contributed by atoms with Crippen molar-refractivity contribution in [2.24, 2.45) is 0 Å². The highest BCUT2D eigenvalue weighted by molar-refractivity contribution is 9.10. The predicted molar refractivity (Wildman–Crippen MR) is 75.9 cm³/mol. The van der Waals surface area contributed by atoms with Gasteiger partial charge in [-0.3, -0.25) is 9.38 Å². The molecule has 0 radical (unpaired) electrons. The molecule has 0 spiro atoms. The molecule has 0 saturated heterocycles. The summed E-state index contributed by atoms with van der Waals surface area (Å²) in [5.74, 6) is 0. The van der Waals surface area contributed by atoms with Gasteiger partial charge in [0.05, 0.1) is 11.8 Å². The molecular formula is C14H9BrF3N3. The molecule has 3 rings (SSSR count). The number of alkyl halides is 3. The summed E-state index contributed by atoms with van der Waals surface area (Å²) in [6.07, 6.45) is 0.0391. The van der Waals surface area contributed by atoms with Gasteiger partial charge in [0.15, 0.2) is 0 Å². The second-order valence-electron chi connectivity index (χ2n) is 4.60. The van der Waals surface area contributed by atoms with Crippen LogP contribution in [0.25, 0.3) is 16.8 Å². The lowest BCUT2D eigenvalue weighted by atomic mass is 10.1. The molecule has 0 atom stereocenters. The minimum absolute atomic E-state index is 0.127. The Kier molecular flexibility index (Phi) is 3.24. The molecule has 0 aromatic carbocycles. The molecule has 3 aromatic rings. The van der Waals surface area contributed by atoms with Crippen molar-refractivity contribution in [3.63, 3.8) is 0 Å². The zero-order chi connectivity index (χ0) is 15.2. The van der Waals surface area contributed by atoms with Crippen LogP contribution in [0, 0.1) is 6.92 Å². The molecule has 0 amide bonds. The van der Waals surface area contributed by atoms with Gasteiger partial charge in [-0.2, -0.15) is 13.2 Å². The number of aryl methyl sites for hydroxylation is 1. The molecular weight excluding hydrogens is 347 g/mol. The molecule has 0 aliphatic heterocycles. The van der Waals surface area contributed by atoms with Crippen LogP contribution in [0.3, 0.4) is 0 Å². The summed E-state index contributed by atoms with van der Waals surface area (Å²) in [7, 11) is 0. The summed E-state index contributed by atoms with van der Waals surface area (Å²) in [6.45, 7) is 1.82. The van der Waals surface area contributed by atoms with E-state index in [0.29, 0.717) is 15.7 Å². The fourth-order valence-electron chi connectivity index (χ4n) is 2.06. The van der Waals surface area contributed by atoms with Gasteiger partial charge in [0.1, 0.15) is 10.3 Å². The lowest BCUT2D eigenvalue weighted by molar-refractivity contribution is -0.136. The minimum Gasteiger partial charge on any atom is -0.293 e. The van der Waals surface area contributed by atoms with Crippen molar-refractivity contribution < 1.29 is 13.2 Å². The molecule has 0 fully saturated rings. The van der Waals surface area contributed by atoms with Gasteiger partial charge in [0.25, 0.3) is 0 Å². The van der Waals surface area contributed by atoms with Crippen LogP contribution in [-0.4, -0.2) is 14.4 Å². The summed E-state index contributed by atoms with van der Waals surface area (Å²) in [5, 5.41) is 0. The van der Waals surface area contributed by atoms with E-state index in [4.69, 9.17) is 0 Å². The van der Waals surface area contributed by atoms with E-state index in [1.54, 1.807) is 24.5 Å². The third-order valence-corrected chi connectivity index (χ3v) is 3.70. The number of fused-ring (bicyclic) bond motifs is 1. The van der Waals surface area contributed by atoms with Crippen molar-refractivity contribution in [1.29, 1.82) is 0 Å². The van der Waals surface area contributed by atoms with Gasteiger partial charge in [0, 0.05) is 29.2 Å². The monoisotopic (exact) mass is 355 g/mol. The first kappa shape index (κ1) is 14.1. The summed E-state index contributed by atoms with van der Waals surface area (Å²) < 4.78 is 41.4. The van der Waals surface area contributed by atoms with E-state index in [0.717, 1.165) is 11.8 Å². The topological polar surface area (TPSA) is 30.2 Å². The fraction of sp³-hybridized carbons (Fsp3) is 0.143. The molecule has 3 nitrogen and oxygen atoms in total. The van der Waals surface area contributed by atoms with Gasteiger partial charge in [-0.05, 0) is 35.0 Å². The third-order valence-electron chi connectivity index (χ3n) is 3.11. The molecule has 0 unspecified atom stereocenters. The van der Waals surface area contributed by atoms with Crippen LogP contribution in [0.1, 0.15) is 11.3 Å². The molecule has 0 aliphatic rings. The maximum atomic E-state index is 13.2. The van der Waals surface area contributed by atoms with Crippen molar-refractivity contribution in [3.05, 3.63) is 52.7 Å². The standard InChI is InChI=1S/C14H9BrF3N3/c1-8-2-3-9(5-19-8)10-4-11(14(16,17)18)13-20-6-12(15)21(13)7-10/h2-7H,1H3. The van der Waals surface area contributed by atoms with Crippen molar-refractivity contribution >= 4 is 21.6 Å². The van der Waals surface area contributed by atoms with Crippen molar-refractivity contribution in [3.8, 4) is 11.1 Å². The highest BCUT2D eigenvalue weighted by atomic mass is 79.9. The maximum Gasteiger partial charge on any atom is 0.420 e. The van der Waals surface area contributed by atoms with Crippen LogP contribution in [0.4, 0.5) is 13.2 Å². The summed E-state index contributed by atoms with van der Waals surface area (Å²) in [5.41, 5.74) is 0.957. The first-order valence-corrected chi connectivity index (χ1v) is 6.82. The van der Waals surface area contributed by atoms with Crippen LogP contribution in [0.2, 0.25) is 0 Å². The van der Waals surface area contributed by atoms with Crippen molar-refractivity contribution in [1.82, 2.24) is 14.4 Å². The quantitative estimate of drug-likeness (QED) is 0.643. The first-order valence-electron chi connectivity index (χ1n) is 6.03. The van der Waals surface area contributed by atoms with Crippen LogP contribution < -0.4 is 0 Å². The lowest BCUT2D eigenvalue weighted by Crippen LogP contribution is -2.08. The predicted octanol–water partition coefficient (Wildman–Crippen LogP) is 4.49. The van der Waals surface area contributed by atoms with E-state index in [9.17, 15) is 13.2 Å². The molecule has 7 heteroatoms. The fourth-order valence-corrected chi connectivity index (χ4v) is 2.44. The number of halogens is 4. The van der Waals surface area contributed by atoms with E-state index < -0.39 is 11.7 Å². The largest absolute Gasteiger partial charge is 0.420 e. The molecule has 0 bridgehead atoms. The molecule has 108 valence electrons. The molecule has 0 N–H and O–H groups in total. The number of nitrogens with zero attached hydrogens (tertiary/aromatic N) is 3. The third kappa shape index (κ3) is 2.53. The number of hydrogen-bond donors (Lipinski definition) is 0. The van der Waals surface area contributed by atoms with E-state index in [2.05, 4.69) is 25.9 Å². The Labute approximate surface area is 126 Å². The Bertz CT molecular complexity index is 807. The normalized spacial score (nSPS) is 12.0. The zero-order valence-electron chi connectivity index (χ0n) is 10.8. The van der Waals surface area contributed by atoms with Gasteiger partial charge >= 0.3 is 6.18 Å². The maximum absolute atomic E-state index is 13.2. The first-order chi connectivity index (χ1) is 9.86. The van der Waals surface area contributed by atoms with Gasteiger partial charge in [-0.25, -0.2) is 4.98 Å². The highest BCUT2D eigenvalue weighted by Gasteiger charge is 2.34. The van der Waals surface area contributed by atoms with Gasteiger partial charge in [0.2, 0.25) is 0 Å². The molecule has 0 saturated carbocycles. The molecule has 3 aromatic heterocycles. The summed E-state index contributed by atoms with van der Waals surface area (Å²) >= 11 is 3.20. The smallest absolute Gasteiger partial charge is 0.293 e. The second kappa shape index (κ2) is 4.84. The van der Waals surface area contributed by atoms with Crippen molar-refractivity contribution in [2.75, 3.05) is 0 Å². The zero-order valence-corrected chi connectivity index (χ0v) is 12.4. The van der Waals surface area contributed by atoms with E-state index in [-0.39, 0.29) is 5.65 Å². The van der Waals surface area contributed by atoms with Crippen LogP contribution in [0.5, 0.6) is 0 Å². The Morgan fingerprint density at radius 1 is 1.10 bits per heavy atom. The van der Waals surface area contributed by atoms with Gasteiger partial charge in [-0.1, -0.05) is 6.07 Å². The van der Waals surface area contributed by atoms with Crippen LogP contribution in [-0.2, 0) is 6.18 Å². The number of imidazole rings is 1. The van der Waals surface area contributed by atoms with Crippen molar-refractivity contribution in [2.45, 2.75) is 13.1 Å². The van der Waals surface area contributed by atoms with Gasteiger partial charge < -0.3 is 0 Å². The number of aromatic nitrogens is 3. The van der Waals surface area contributed by atoms with E-state index >= 15 is 0 Å². The highest BCUT2D eigenvalue weighted by Crippen LogP contribution is 2.35. The Morgan fingerprint density at radius 2 is 1.86 bits per heavy atom. The molecule has 21 heavy (non-hydrogen) atoms. The SMILES string of the molecule is Cc1ccc(-c2cc(C(F)(F)F)c3ncc(Br)n3c2)cn1. The number of hydrogen-bond acceptors (Lipinski definition) is 2. The van der Waals surface area contributed by atoms with E-state index in [1.807, 2.05) is 6.92 Å². The number of rotatable bonds is 1. The Hall–Kier alpha value is -1.89. The molecule has 3 heterocycles. The average molecular weight is 356 g/mol. The summed E-state index contributed by atoms with van der Waals surface area (Å²) in [6, 6.07) is 4.60. The second-order valence-corrected chi connectivity index (χ2v) is 5.42. The Balaban J connectivity index is 2.29. The summed E-state index contributed by atoms with van der Waals surface area (Å²) in [4.78, 5) is 7.93. The van der Waals surface area contributed by atoms with Crippen LogP contribution >= 0.6 is 15.9 Å². The van der Waals surface area contributed by atoms with Crippen LogP contribution in [0.15, 0.2) is 41.4 Å². The van der Waals surface area contributed by atoms with Gasteiger partial charge in [-0.15, -0.1) is 0 Å². The average Bonchev–Trinajstić information content (AvgIpc) is 2.79. The minimum atomic E-state index is -4.47. The lowest BCUT2D eigenvalue weighted by Gasteiger charge is -2.11. The molecule has 0 aliphatic carbocycles. The Morgan fingerprint density at radius 3 is 2.48 bits per heavy atom. The van der Waals surface area contributed by atoms with E-state index in [1.165, 1.54) is 10.6 Å². The number of pyridine rings is 2.